The van der Waals surface area contributed by atoms with Crippen LogP contribution in [0.2, 0.25) is 5.02 Å². The summed E-state index contributed by atoms with van der Waals surface area (Å²) in [6.45, 7) is 1.73. The second kappa shape index (κ2) is 8.09. The maximum atomic E-state index is 13.7. The number of nitrogens with zero attached hydrogens (tertiary/aromatic N) is 3. The fraction of sp³-hybridized carbons (Fsp3) is 0.333. The monoisotopic (exact) mass is 483 g/mol. The molecule has 0 saturated heterocycles. The minimum Gasteiger partial charge on any atom is -0.441 e. The third kappa shape index (κ3) is 4.00. The first-order valence-electron chi connectivity index (χ1n) is 10.9. The molecule has 1 atom stereocenters. The van der Waals surface area contributed by atoms with Crippen molar-refractivity contribution >= 4 is 29.4 Å². The fourth-order valence-electron chi connectivity index (χ4n) is 4.73. The Labute approximate surface area is 200 Å². The van der Waals surface area contributed by atoms with E-state index in [0.29, 0.717) is 52.5 Å². The average Bonchev–Trinajstić information content (AvgIpc) is 3.12. The molecule has 3 aromatic rings. The van der Waals surface area contributed by atoms with E-state index in [-0.39, 0.29) is 5.91 Å². The molecule has 176 valence electrons. The van der Waals surface area contributed by atoms with Gasteiger partial charge in [0.05, 0.1) is 23.0 Å². The lowest BCUT2D eigenvalue weighted by molar-refractivity contribution is -0.162. The van der Waals surface area contributed by atoms with Gasteiger partial charge < -0.3 is 10.1 Å². The SMILES string of the molecule is C[C@@H](OC(=O)Nc1c(-c2ccc(C(=O)NC34CC(F)(C3)C4)cn2)cnn1C)c1ccccc1Cl. The molecule has 8 nitrogen and oxygen atoms in total. The number of amides is 2. The van der Waals surface area contributed by atoms with Crippen molar-refractivity contribution in [2.75, 3.05) is 5.32 Å². The van der Waals surface area contributed by atoms with E-state index in [1.54, 1.807) is 50.5 Å². The van der Waals surface area contributed by atoms with E-state index in [0.717, 1.165) is 0 Å². The molecular formula is C24H23ClFN5O3. The molecule has 2 aromatic heterocycles. The van der Waals surface area contributed by atoms with E-state index >= 15 is 0 Å². The Morgan fingerprint density at radius 2 is 1.91 bits per heavy atom. The van der Waals surface area contributed by atoms with Crippen LogP contribution in [0.3, 0.4) is 0 Å². The summed E-state index contributed by atoms with van der Waals surface area (Å²) in [5.74, 6) is 0.116. The Morgan fingerprint density at radius 3 is 2.56 bits per heavy atom. The van der Waals surface area contributed by atoms with E-state index in [2.05, 4.69) is 20.7 Å². The zero-order valence-corrected chi connectivity index (χ0v) is 19.4. The molecule has 1 aromatic carbocycles. The predicted molar refractivity (Wildman–Crippen MR) is 124 cm³/mol. The molecule has 0 aliphatic heterocycles. The molecule has 2 bridgehead atoms. The normalized spacial score (nSPS) is 23.3. The molecular weight excluding hydrogens is 461 g/mol. The highest BCUT2D eigenvalue weighted by molar-refractivity contribution is 6.31. The lowest BCUT2D eigenvalue weighted by Gasteiger charge is -2.65. The third-order valence-electron chi connectivity index (χ3n) is 6.43. The summed E-state index contributed by atoms with van der Waals surface area (Å²) < 4.78 is 20.7. The quantitative estimate of drug-likeness (QED) is 0.523. The largest absolute Gasteiger partial charge is 0.441 e. The van der Waals surface area contributed by atoms with Crippen molar-refractivity contribution in [3.05, 3.63) is 64.9 Å². The number of halogens is 2. The van der Waals surface area contributed by atoms with E-state index in [9.17, 15) is 14.0 Å². The molecule has 0 spiro atoms. The van der Waals surface area contributed by atoms with Crippen molar-refractivity contribution in [1.82, 2.24) is 20.1 Å². The van der Waals surface area contributed by atoms with Gasteiger partial charge in [-0.2, -0.15) is 5.10 Å². The number of ether oxygens (including phenoxy) is 1. The van der Waals surface area contributed by atoms with Crippen molar-refractivity contribution < 1.29 is 18.7 Å². The smallest absolute Gasteiger partial charge is 0.413 e. The predicted octanol–water partition coefficient (Wildman–Crippen LogP) is 4.82. The van der Waals surface area contributed by atoms with Crippen LogP contribution in [0.15, 0.2) is 48.8 Å². The highest BCUT2D eigenvalue weighted by atomic mass is 35.5. The maximum absolute atomic E-state index is 13.7. The van der Waals surface area contributed by atoms with Gasteiger partial charge >= 0.3 is 6.09 Å². The molecule has 3 aliphatic rings. The van der Waals surface area contributed by atoms with Gasteiger partial charge in [0.15, 0.2) is 0 Å². The number of carbonyl (C=O) groups is 2. The van der Waals surface area contributed by atoms with Crippen molar-refractivity contribution in [3.63, 3.8) is 0 Å². The Kier molecular flexibility index (Phi) is 5.31. The molecule has 0 unspecified atom stereocenters. The maximum Gasteiger partial charge on any atom is 0.413 e. The average molecular weight is 484 g/mol. The van der Waals surface area contributed by atoms with Crippen LogP contribution in [0.4, 0.5) is 15.0 Å². The van der Waals surface area contributed by atoms with Crippen LogP contribution in [-0.4, -0.2) is 38.0 Å². The van der Waals surface area contributed by atoms with E-state index in [1.165, 1.54) is 10.9 Å². The minimum atomic E-state index is -1.08. The van der Waals surface area contributed by atoms with Crippen molar-refractivity contribution in [2.45, 2.75) is 43.5 Å². The molecule has 3 fully saturated rings. The third-order valence-corrected chi connectivity index (χ3v) is 6.78. The van der Waals surface area contributed by atoms with Crippen LogP contribution in [0.1, 0.15) is 48.2 Å². The van der Waals surface area contributed by atoms with Gasteiger partial charge in [-0.1, -0.05) is 29.8 Å². The lowest BCUT2D eigenvalue weighted by atomic mass is 9.47. The number of hydrogen-bond acceptors (Lipinski definition) is 5. The first-order chi connectivity index (χ1) is 16.2. The summed E-state index contributed by atoms with van der Waals surface area (Å²) in [7, 11) is 1.68. The molecule has 3 aliphatic carbocycles. The number of aromatic nitrogens is 3. The number of nitrogens with one attached hydrogen (secondary N) is 2. The summed E-state index contributed by atoms with van der Waals surface area (Å²) in [4.78, 5) is 29.5. The zero-order valence-electron chi connectivity index (χ0n) is 18.6. The number of carbonyl (C=O) groups excluding carboxylic acids is 2. The second-order valence-electron chi connectivity index (χ2n) is 9.07. The van der Waals surface area contributed by atoms with Crippen molar-refractivity contribution in [2.24, 2.45) is 7.05 Å². The lowest BCUT2D eigenvalue weighted by Crippen LogP contribution is -2.76. The van der Waals surface area contributed by atoms with Crippen LogP contribution in [0.5, 0.6) is 0 Å². The van der Waals surface area contributed by atoms with Gasteiger partial charge in [0.2, 0.25) is 0 Å². The number of alkyl halides is 1. The molecule has 0 radical (unpaired) electrons. The number of hydrogen-bond donors (Lipinski definition) is 2. The highest BCUT2D eigenvalue weighted by Crippen LogP contribution is 2.62. The summed E-state index contributed by atoms with van der Waals surface area (Å²) in [5.41, 5.74) is 0.689. The topological polar surface area (TPSA) is 98.1 Å². The van der Waals surface area contributed by atoms with Gasteiger partial charge in [-0.25, -0.2) is 9.18 Å². The van der Waals surface area contributed by atoms with E-state index in [4.69, 9.17) is 16.3 Å². The number of anilines is 1. The molecule has 2 N–H and O–H groups in total. The van der Waals surface area contributed by atoms with E-state index < -0.39 is 23.4 Å². The molecule has 10 heteroatoms. The van der Waals surface area contributed by atoms with Crippen molar-refractivity contribution in [3.8, 4) is 11.3 Å². The summed E-state index contributed by atoms with van der Waals surface area (Å²) in [6.07, 6.45) is 2.94. The van der Waals surface area contributed by atoms with Crippen LogP contribution in [0, 0.1) is 0 Å². The first-order valence-corrected chi connectivity index (χ1v) is 11.3. The number of aryl methyl sites for hydroxylation is 1. The number of pyridine rings is 1. The molecule has 2 amide bonds. The molecule has 6 rings (SSSR count). The highest BCUT2D eigenvalue weighted by Gasteiger charge is 2.69. The standard InChI is InChI=1S/C24H23ClFN5O3/c1-14(16-5-3-4-6-18(16)25)34-22(33)29-20-17(10-28-31(20)2)19-8-7-15(9-27-19)21(32)30-24-11-23(26,12-24)13-24/h3-10,14H,11-13H2,1-2H3,(H,29,33)(H,30,32)/t14-,23?,24?/m1/s1. The zero-order chi connectivity index (χ0) is 24.1. The summed E-state index contributed by atoms with van der Waals surface area (Å²) in [6, 6.07) is 10.5. The van der Waals surface area contributed by atoms with Crippen LogP contribution in [-0.2, 0) is 11.8 Å². The Bertz CT molecular complexity index is 1260. The molecule has 3 saturated carbocycles. The Morgan fingerprint density at radius 1 is 1.18 bits per heavy atom. The second-order valence-corrected chi connectivity index (χ2v) is 9.48. The van der Waals surface area contributed by atoms with Crippen LogP contribution < -0.4 is 10.6 Å². The Balaban J connectivity index is 1.26. The minimum absolute atomic E-state index is 0.275. The fourth-order valence-corrected chi connectivity index (χ4v) is 5.01. The van der Waals surface area contributed by atoms with E-state index in [1.807, 2.05) is 6.07 Å². The summed E-state index contributed by atoms with van der Waals surface area (Å²) >= 11 is 6.19. The van der Waals surface area contributed by atoms with Crippen LogP contribution in [0.25, 0.3) is 11.3 Å². The number of rotatable bonds is 6. The van der Waals surface area contributed by atoms with Gasteiger partial charge in [-0.3, -0.25) is 19.8 Å². The van der Waals surface area contributed by atoms with Gasteiger partial charge in [0, 0.05) is 48.6 Å². The van der Waals surface area contributed by atoms with Crippen LogP contribution >= 0.6 is 11.6 Å². The first kappa shape index (κ1) is 22.3. The Hall–Kier alpha value is -3.46. The molecule has 34 heavy (non-hydrogen) atoms. The van der Waals surface area contributed by atoms with Gasteiger partial charge in [-0.15, -0.1) is 0 Å². The van der Waals surface area contributed by atoms with Gasteiger partial charge in [-0.05, 0) is 25.1 Å². The number of benzene rings is 1. The summed E-state index contributed by atoms with van der Waals surface area (Å²) in [5, 5.41) is 10.3. The van der Waals surface area contributed by atoms with Gasteiger partial charge in [0.25, 0.3) is 5.91 Å². The van der Waals surface area contributed by atoms with Crippen molar-refractivity contribution in [1.29, 1.82) is 0 Å². The van der Waals surface area contributed by atoms with Gasteiger partial charge in [0.1, 0.15) is 17.6 Å². The molecule has 2 heterocycles.